The summed E-state index contributed by atoms with van der Waals surface area (Å²) in [5.74, 6) is 0.370. The highest BCUT2D eigenvalue weighted by Gasteiger charge is 2.26. The van der Waals surface area contributed by atoms with E-state index in [1.807, 2.05) is 6.92 Å². The molecule has 92 valence electrons. The largest absolute Gasteiger partial charge is 0.413 e. The van der Waals surface area contributed by atoms with E-state index in [1.54, 1.807) is 6.66 Å². The van der Waals surface area contributed by atoms with Gasteiger partial charge in [0.2, 0.25) is 7.37 Å². The van der Waals surface area contributed by atoms with Crippen molar-refractivity contribution in [3.63, 3.8) is 0 Å². The Morgan fingerprint density at radius 1 is 1.40 bits per heavy atom. The molecule has 0 bridgehead atoms. The van der Waals surface area contributed by atoms with Crippen molar-refractivity contribution < 1.29 is 13.5 Å². The molecule has 15 heavy (non-hydrogen) atoms. The molecule has 0 aromatic carbocycles. The Balaban J connectivity index is 4.27. The minimum atomic E-state index is -2.54. The van der Waals surface area contributed by atoms with Gasteiger partial charge in [-0.25, -0.2) is 0 Å². The van der Waals surface area contributed by atoms with Crippen LogP contribution in [0.5, 0.6) is 0 Å². The number of hydrogen-bond acceptors (Lipinski definition) is 3. The number of hydrogen-bond donors (Lipinski definition) is 0. The van der Waals surface area contributed by atoms with Gasteiger partial charge in [0.05, 0.1) is 18.9 Å². The molecule has 0 aromatic rings. The molecule has 2 atom stereocenters. The Hall–Kier alpha value is 0.657. The van der Waals surface area contributed by atoms with Crippen LogP contribution >= 0.6 is 19.0 Å². The Labute approximate surface area is 99.1 Å². The molecule has 0 aliphatic heterocycles. The average molecular weight is 273 g/mol. The Morgan fingerprint density at radius 2 is 1.93 bits per heavy atom. The molecule has 0 spiro atoms. The van der Waals surface area contributed by atoms with Crippen molar-refractivity contribution in [2.75, 3.05) is 25.3 Å². The zero-order valence-electron chi connectivity index (χ0n) is 10.2. The third kappa shape index (κ3) is 8.46. The Bertz CT molecular complexity index is 230. The Morgan fingerprint density at radius 3 is 2.27 bits per heavy atom. The lowest BCUT2D eigenvalue weighted by Gasteiger charge is -2.26. The Kier molecular flexibility index (Phi) is 6.69. The van der Waals surface area contributed by atoms with Crippen LogP contribution in [0.15, 0.2) is 0 Å². The first kappa shape index (κ1) is 15.7. The predicted octanol–water partition coefficient (Wildman–Crippen LogP) is 3.39. The molecule has 0 aromatic heterocycles. The van der Waals surface area contributed by atoms with Crippen LogP contribution in [0, 0.1) is 0 Å². The molecule has 1 unspecified atom stereocenters. The lowest BCUT2D eigenvalue weighted by atomic mass is 10.5. The van der Waals surface area contributed by atoms with E-state index in [0.29, 0.717) is 18.6 Å². The summed E-state index contributed by atoms with van der Waals surface area (Å²) in [5, 5.41) is 0. The summed E-state index contributed by atoms with van der Waals surface area (Å²) in [6.07, 6.45) is 0.259. The molecule has 0 saturated heterocycles. The van der Waals surface area contributed by atoms with E-state index < -0.39 is 15.7 Å². The van der Waals surface area contributed by atoms with Crippen LogP contribution < -0.4 is 0 Å². The van der Waals surface area contributed by atoms with Crippen molar-refractivity contribution >= 4 is 27.3 Å². The number of alkyl halides is 1. The van der Waals surface area contributed by atoms with Crippen molar-refractivity contribution in [2.45, 2.75) is 32.7 Å². The van der Waals surface area contributed by atoms with E-state index in [9.17, 15) is 4.57 Å². The van der Waals surface area contributed by atoms with E-state index in [1.165, 1.54) is 0 Å². The summed E-state index contributed by atoms with van der Waals surface area (Å²) in [6.45, 7) is 10.2. The summed E-state index contributed by atoms with van der Waals surface area (Å²) < 4.78 is 23.0. The molecule has 3 nitrogen and oxygen atoms in total. The van der Waals surface area contributed by atoms with Gasteiger partial charge in [-0.3, -0.25) is 4.57 Å². The normalized spacial score (nSPS) is 18.5. The number of rotatable bonds is 7. The molecule has 0 aliphatic carbocycles. The maximum atomic E-state index is 11.9. The topological polar surface area (TPSA) is 35.5 Å². The summed E-state index contributed by atoms with van der Waals surface area (Å²) in [4.78, 5) is 0. The van der Waals surface area contributed by atoms with E-state index in [-0.39, 0.29) is 6.10 Å². The highest BCUT2D eigenvalue weighted by Crippen LogP contribution is 2.43. The average Bonchev–Trinajstić information content (AvgIpc) is 1.99. The lowest BCUT2D eigenvalue weighted by molar-refractivity contribution is 0.231. The maximum Gasteiger partial charge on any atom is 0.202 e. The second-order valence-corrected chi connectivity index (χ2v) is 12.0. The number of halogens is 1. The van der Waals surface area contributed by atoms with Crippen LogP contribution in [0.2, 0.25) is 19.6 Å². The third-order valence-corrected chi connectivity index (χ3v) is 4.89. The van der Waals surface area contributed by atoms with Gasteiger partial charge in [0.1, 0.15) is 0 Å². The molecular formula is C9H22ClO3PSi. The van der Waals surface area contributed by atoms with Crippen LogP contribution in [0.3, 0.4) is 0 Å². The fraction of sp³-hybridized carbons (Fsp3) is 1.00. The second-order valence-electron chi connectivity index (χ2n) is 4.62. The lowest BCUT2D eigenvalue weighted by Crippen LogP contribution is -2.35. The molecular weight excluding hydrogens is 251 g/mol. The van der Waals surface area contributed by atoms with Crippen LogP contribution in [-0.2, 0) is 13.5 Å². The first-order valence-corrected chi connectivity index (χ1v) is 11.3. The zero-order valence-corrected chi connectivity index (χ0v) is 12.9. The first-order chi connectivity index (χ1) is 6.70. The van der Waals surface area contributed by atoms with Crippen molar-refractivity contribution in [1.82, 2.24) is 0 Å². The van der Waals surface area contributed by atoms with Crippen LogP contribution in [0.4, 0.5) is 0 Å². The molecule has 0 saturated carbocycles. The van der Waals surface area contributed by atoms with Crippen LogP contribution in [0.25, 0.3) is 0 Å². The minimum absolute atomic E-state index is 0.152. The molecule has 0 fully saturated rings. The summed E-state index contributed by atoms with van der Waals surface area (Å²) >= 11 is 5.80. The fourth-order valence-corrected chi connectivity index (χ4v) is 4.65. The van der Waals surface area contributed by atoms with Crippen molar-refractivity contribution in [1.29, 1.82) is 0 Å². The quantitative estimate of drug-likeness (QED) is 0.405. The van der Waals surface area contributed by atoms with Crippen LogP contribution in [0.1, 0.15) is 6.92 Å². The molecule has 0 N–H and O–H groups in total. The zero-order chi connectivity index (χ0) is 12.1. The molecule has 0 amide bonds. The predicted molar refractivity (Wildman–Crippen MR) is 69.0 cm³/mol. The monoisotopic (exact) mass is 272 g/mol. The van der Waals surface area contributed by atoms with E-state index in [0.717, 1.165) is 0 Å². The molecule has 0 aliphatic rings. The van der Waals surface area contributed by atoms with Gasteiger partial charge < -0.3 is 8.95 Å². The highest BCUT2D eigenvalue weighted by atomic mass is 35.5. The molecule has 0 heterocycles. The van der Waals surface area contributed by atoms with Gasteiger partial charge >= 0.3 is 0 Å². The summed E-state index contributed by atoms with van der Waals surface area (Å²) in [5.41, 5.74) is 0. The van der Waals surface area contributed by atoms with Gasteiger partial charge in [-0.2, -0.15) is 0 Å². The maximum absolute atomic E-state index is 11.9. The third-order valence-electron chi connectivity index (χ3n) is 1.63. The van der Waals surface area contributed by atoms with Gasteiger partial charge in [0.15, 0.2) is 8.32 Å². The standard InChI is InChI=1S/C9H22ClO3PSi/c1-6-12-14(2,11)8-9(7-10)13-15(3,4)5/h9H,6-8H2,1-5H3/t9-,14?/m1/s1. The van der Waals surface area contributed by atoms with Gasteiger partial charge in [0.25, 0.3) is 0 Å². The van der Waals surface area contributed by atoms with Crippen molar-refractivity contribution in [3.05, 3.63) is 0 Å². The van der Waals surface area contributed by atoms with Crippen molar-refractivity contribution in [2.24, 2.45) is 0 Å². The highest BCUT2D eigenvalue weighted by molar-refractivity contribution is 7.58. The summed E-state index contributed by atoms with van der Waals surface area (Å²) in [6, 6.07) is 0. The van der Waals surface area contributed by atoms with Gasteiger partial charge in [-0.1, -0.05) is 0 Å². The van der Waals surface area contributed by atoms with E-state index >= 15 is 0 Å². The van der Waals surface area contributed by atoms with E-state index in [4.69, 9.17) is 20.6 Å². The van der Waals surface area contributed by atoms with Gasteiger partial charge in [-0.15, -0.1) is 11.6 Å². The second kappa shape index (κ2) is 6.41. The summed E-state index contributed by atoms with van der Waals surface area (Å²) in [7, 11) is -4.16. The minimum Gasteiger partial charge on any atom is -0.413 e. The molecule has 6 heteroatoms. The van der Waals surface area contributed by atoms with Crippen LogP contribution in [-0.4, -0.2) is 39.7 Å². The van der Waals surface area contributed by atoms with Gasteiger partial charge in [-0.05, 0) is 26.6 Å². The first-order valence-electron chi connectivity index (χ1n) is 5.15. The molecule has 0 radical (unpaired) electrons. The SMILES string of the molecule is CCOP(C)(=O)C[C@@H](CCl)O[Si](C)(C)C. The van der Waals surface area contributed by atoms with Crippen molar-refractivity contribution in [3.8, 4) is 0 Å². The van der Waals surface area contributed by atoms with E-state index in [2.05, 4.69) is 19.6 Å². The molecule has 0 rings (SSSR count). The fourth-order valence-electron chi connectivity index (χ4n) is 1.31. The smallest absolute Gasteiger partial charge is 0.202 e. The van der Waals surface area contributed by atoms with Gasteiger partial charge in [0, 0.05) is 12.5 Å².